The molecule has 0 spiro atoms. The van der Waals surface area contributed by atoms with E-state index in [4.69, 9.17) is 129 Å². The van der Waals surface area contributed by atoms with Crippen molar-refractivity contribution in [3.63, 3.8) is 0 Å². The number of ketones is 12. The Morgan fingerprint density at radius 3 is 1.10 bits per heavy atom. The molecule has 34 nitrogen and oxygen atoms in total. The first-order valence-corrected chi connectivity index (χ1v) is 45.4. The summed E-state index contributed by atoms with van der Waals surface area (Å²) in [4.78, 5) is 189. The normalized spacial score (nSPS) is 15.9. The van der Waals surface area contributed by atoms with Gasteiger partial charge in [-0.05, 0) is 250 Å². The van der Waals surface area contributed by atoms with E-state index in [1.54, 1.807) is 78.9 Å². The van der Waals surface area contributed by atoms with Gasteiger partial charge in [-0.1, -0.05) is 55.6 Å². The number of hydrogen-bond acceptors (Lipinski definition) is 33. The number of phenols is 1. The van der Waals surface area contributed by atoms with E-state index >= 15 is 0 Å². The highest BCUT2D eigenvalue weighted by molar-refractivity contribution is 9.10. The number of carbonyl (C=O) groups is 15. The van der Waals surface area contributed by atoms with Crippen LogP contribution in [0.4, 0.5) is 0 Å². The van der Waals surface area contributed by atoms with Gasteiger partial charge in [0.1, 0.15) is 62.9 Å². The van der Waals surface area contributed by atoms with Crippen LogP contribution in [0.25, 0.3) is 0 Å². The number of phenolic OH excluding ortho intramolecular Hbond substituents is 1. The number of aromatic nitrogens is 6. The van der Waals surface area contributed by atoms with Crippen LogP contribution in [0.3, 0.4) is 0 Å². The molecule has 41 heteroatoms. The molecule has 0 atom stereocenters. The van der Waals surface area contributed by atoms with Gasteiger partial charge in [-0.2, -0.15) is 4.73 Å². The highest BCUT2D eigenvalue weighted by Crippen LogP contribution is 2.44. The Morgan fingerprint density at radius 1 is 0.404 bits per heavy atom. The second-order valence-electron chi connectivity index (χ2n) is 35.0. The van der Waals surface area contributed by atoms with Gasteiger partial charge in [-0.25, -0.2) is 19.9 Å². The fraction of sp³-hybridized carbons (Fsp3) is 0.310. The zero-order chi connectivity index (χ0) is 150. The number of benzene rings is 4. The maximum atomic E-state index is 11.8. The van der Waals surface area contributed by atoms with E-state index in [1.807, 2.05) is 83.1 Å². The Balaban J connectivity index is -0.000000122. The van der Waals surface area contributed by atoms with Crippen molar-refractivity contribution in [3.8, 4) is 40.6 Å². The molecular weight excluding hydrogens is 1970 g/mol. The molecule has 10 heterocycles. The minimum absolute atomic E-state index is 0.0458. The lowest BCUT2D eigenvalue weighted by molar-refractivity contribution is -0.607. The van der Waals surface area contributed by atoms with Crippen molar-refractivity contribution in [2.75, 3.05) is 0 Å². The number of fused-ring (bicyclic) bond motifs is 1. The van der Waals surface area contributed by atoms with Gasteiger partial charge in [-0.3, -0.25) is 76.9 Å². The second kappa shape index (κ2) is 48.9. The van der Waals surface area contributed by atoms with Gasteiger partial charge in [0.25, 0.3) is 5.69 Å². The van der Waals surface area contributed by atoms with Crippen LogP contribution in [0.2, 0.25) is 5.15 Å². The SMILES string of the molecule is CC(=O)c1ccc(Cl)nc1C(C)=O.CC(=O)c1ccc(Oc2ccc(B3OC(C)(C)C(C)(C)O3)c(C=O)c2)nc1C(C)=O.CC(=O)c1ccc(Oc2ccc(Br)c(C=O)c2)nc1C(C)=O.CC(=O)c1ccc(Oc2ccc3c(c2)COB3O)nc1C(C)=O.CC(=O)c1ccc[n+]([O-])c1C(C)=O.CC(=O)c1cccnc1C(C)=O.CC1(C)OB(B2OC(C)(C)C(C)(C)O2)OC1(C)C.O=Cc1cc(O)ccc1Br.[2H][2H].[2H][2H].[2H][2H].[2H][2H].[2H][2H].[2H][2H].[2H][2H].[2H][2H].[2H][2H].[2H][2H].[2H][2H].[2H][2H].[2H][2H].[2H][2H].[2H][2H].[2H][2H].[2H][2H].[2H][2H].[2H][2H].[2H][2H].[2H][2H].[2H][2H]. The molecule has 780 valence electrons. The lowest BCUT2D eigenvalue weighted by Crippen LogP contribution is -2.41. The summed E-state index contributed by atoms with van der Waals surface area (Å²) in [6.07, 6.45) is 4.79. The molecule has 0 bridgehead atoms. The topological polar surface area (TPSA) is 480 Å². The van der Waals surface area contributed by atoms with E-state index in [0.29, 0.717) is 95.1 Å². The summed E-state index contributed by atoms with van der Waals surface area (Å²) in [6.45, 7) is 40.6. The molecule has 2 N–H and O–H groups in total. The number of Topliss-reactive ketones (excluding diaryl/α,β-unsaturated/α-hetero) is 12. The third-order valence-corrected chi connectivity index (χ3v) is 24.3. The molecule has 14 rings (SSSR count). The Kier molecular flexibility index (Phi) is 29.5. The summed E-state index contributed by atoms with van der Waals surface area (Å²) in [6, 6.07) is 37.7. The molecule has 0 radical (unpaired) electrons. The van der Waals surface area contributed by atoms with Crippen molar-refractivity contribution in [2.45, 2.75) is 206 Å². The molecule has 6 aromatic heterocycles. The van der Waals surface area contributed by atoms with Crippen LogP contribution in [-0.4, -0.2) is 185 Å². The predicted octanol–water partition coefficient (Wildman–Crippen LogP) is 22.7. The third kappa shape index (κ3) is 30.3. The molecule has 4 aliphatic rings. The molecule has 0 unspecified atom stereocenters. The molecule has 141 heavy (non-hydrogen) atoms. The van der Waals surface area contributed by atoms with Crippen molar-refractivity contribution < 1.29 is 199 Å². The Labute approximate surface area is 906 Å². The zero-order valence-corrected chi connectivity index (χ0v) is 86.0. The second-order valence-corrected chi connectivity index (χ2v) is 37.1. The average molecular weight is 2170 g/mol. The molecule has 4 aromatic carbocycles. The monoisotopic (exact) mass is 2160 g/mol. The lowest BCUT2D eigenvalue weighted by atomic mass is 9.49. The number of pyridine rings is 6. The molecular formula is C100H149B4Br2ClN6O28. The van der Waals surface area contributed by atoms with Crippen LogP contribution in [0.5, 0.6) is 40.6 Å². The summed E-state index contributed by atoms with van der Waals surface area (Å²) in [5.41, 5.74) is 3.05. The maximum absolute atomic E-state index is 11.8. The van der Waals surface area contributed by atoms with E-state index < -0.39 is 45.2 Å². The van der Waals surface area contributed by atoms with E-state index in [0.717, 1.165) is 5.56 Å². The highest BCUT2D eigenvalue weighted by atomic mass is 79.9. The molecule has 0 aliphatic carbocycles. The molecule has 0 amide bonds. The summed E-state index contributed by atoms with van der Waals surface area (Å²) in [5.74, 6) is -1.20. The largest absolute Gasteiger partial charge is 0.618 e. The van der Waals surface area contributed by atoms with Gasteiger partial charge in [0.15, 0.2) is 82.4 Å². The van der Waals surface area contributed by atoms with E-state index in [2.05, 4.69) is 56.8 Å². The van der Waals surface area contributed by atoms with Crippen LogP contribution in [0.1, 0.15) is 393 Å². The summed E-state index contributed by atoms with van der Waals surface area (Å²) < 4.78 is 280. The summed E-state index contributed by atoms with van der Waals surface area (Å²) in [5, 5.41) is 29.8. The number of halogens is 3. The Morgan fingerprint density at radius 2 is 0.738 bits per heavy atom. The Bertz CT molecular complexity index is 6550. The van der Waals surface area contributed by atoms with Crippen molar-refractivity contribution in [2.24, 2.45) is 0 Å². The van der Waals surface area contributed by atoms with Crippen LogP contribution < -0.4 is 29.9 Å². The molecule has 4 aliphatic heterocycles. The van der Waals surface area contributed by atoms with E-state index in [9.17, 15) is 82.1 Å². The van der Waals surface area contributed by atoms with Crippen LogP contribution in [-0.2, 0) is 39.2 Å². The molecule has 3 fully saturated rings. The highest BCUT2D eigenvalue weighted by Gasteiger charge is 2.64. The maximum Gasteiger partial charge on any atom is 0.495 e. The van der Waals surface area contributed by atoms with Crippen LogP contribution in [0, 0.1) is 5.21 Å². The van der Waals surface area contributed by atoms with E-state index in [-0.39, 0.29) is 171 Å². The number of ether oxygens (including phenoxy) is 3. The Hall–Kier alpha value is -13.0. The van der Waals surface area contributed by atoms with Crippen molar-refractivity contribution in [1.29, 1.82) is 0 Å². The van der Waals surface area contributed by atoms with Gasteiger partial charge in [0.05, 0.1) is 45.8 Å². The number of aldehydes is 3. The smallest absolute Gasteiger partial charge is 0.495 e. The first kappa shape index (κ1) is 84.9. The van der Waals surface area contributed by atoms with E-state index in [1.165, 1.54) is 162 Å². The van der Waals surface area contributed by atoms with Gasteiger partial charge >= 0.3 is 28.3 Å². The number of aromatic hydroxyl groups is 1. The number of rotatable bonds is 23. The first-order chi connectivity index (χ1) is 87.6. The summed E-state index contributed by atoms with van der Waals surface area (Å²) >= 11 is 12.0. The van der Waals surface area contributed by atoms with Crippen molar-refractivity contribution >= 4 is 171 Å². The quantitative estimate of drug-likeness (QED) is 0.0150. The van der Waals surface area contributed by atoms with Gasteiger partial charge in [-0.15, -0.1) is 0 Å². The van der Waals surface area contributed by atoms with Crippen molar-refractivity contribution in [3.05, 3.63) is 267 Å². The van der Waals surface area contributed by atoms with Gasteiger partial charge < -0.3 is 62.1 Å². The van der Waals surface area contributed by atoms with Crippen molar-refractivity contribution in [1.82, 2.24) is 24.9 Å². The van der Waals surface area contributed by atoms with Gasteiger partial charge in [0.2, 0.25) is 23.4 Å². The predicted molar refractivity (Wildman–Crippen MR) is 578 cm³/mol. The standard InChI is InChI=1S/C22H24BNO6.C16H14BNO5.C16H12BrNO4.C12H24B2O4.C9H8ClNO2.C9H9NO3.C9H9NO2.C7H5BrO2.22H2/c1-13(26)17-8-10-19(24-20(17)14(2)27)28-16-7-9-18(15(11-16)12-25)23-29-21(3,4)22(5,6)30-23;1-9(19)13-4-6-15(18-16(13)10(2)20)23-12-3-5-14-11(7-12)8-22-17(14)21;1-9(20)13-4-6-15(18-16(13)10(2)21)22-12-3-5-14(17)11(7-12)8-19;1-9(2)10(3,4)16-13(15-9)14-17-11(5,6)12(7,8)18-14;1-5(12)7-3-4-8(10)11-9(7)6(2)13;1-6(11)8-4-3-5-10(13)9(8)7(2)12;1-6(11)8-4-3-5-10-9(8)7(2)12;8-7-2-1-6(10)3-5(7)4-9;;;;;;;;;;;;;;;;;;;;;;/h7-12H,1-6H3;3-7,21H,8H2,1-2H3;3-8H,1-2H3;1-8H3;3-4H,1-2H3;3-5H,1-2H3;3-5H,1-2H3;1-4,10H;22*1H/i;;;;;;;;22*1+1D. The van der Waals surface area contributed by atoms with Crippen LogP contribution in [0.15, 0.2) is 167 Å². The number of nitrogens with zero attached hydrogens (tertiary/aromatic N) is 6. The minimum atomic E-state index is -0.906. The summed E-state index contributed by atoms with van der Waals surface area (Å²) in [7, 11) is -2.54. The number of hydrogen-bond donors (Lipinski definition) is 2. The van der Waals surface area contributed by atoms with Crippen LogP contribution >= 0.6 is 43.5 Å². The molecule has 10 aromatic rings. The fourth-order valence-electron chi connectivity index (χ4n) is 13.1. The zero-order valence-electron chi connectivity index (χ0n) is 126. The average Bonchev–Trinajstić information content (AvgIpc) is 1.59. The first-order valence-electron chi connectivity index (χ1n) is 65.4. The lowest BCUT2D eigenvalue weighted by Gasteiger charge is -2.32. The number of carbonyl (C=O) groups excluding carboxylic acids is 15. The molecule has 3 saturated heterocycles. The fourth-order valence-corrected chi connectivity index (χ4v) is 13.9. The molecule has 0 saturated carbocycles. The third-order valence-electron chi connectivity index (χ3n) is 22.6. The minimum Gasteiger partial charge on any atom is -0.618 e. The van der Waals surface area contributed by atoms with Gasteiger partial charge in [0, 0.05) is 191 Å².